The number of para-hydroxylation sites is 1. The van der Waals surface area contributed by atoms with Gasteiger partial charge in [0.2, 0.25) is 5.88 Å². The van der Waals surface area contributed by atoms with E-state index in [-0.39, 0.29) is 6.03 Å². The molecule has 7 heteroatoms. The zero-order valence-electron chi connectivity index (χ0n) is 17.6. The highest BCUT2D eigenvalue weighted by Gasteiger charge is 2.24. The summed E-state index contributed by atoms with van der Waals surface area (Å²) in [7, 11) is 1.83. The van der Waals surface area contributed by atoms with Crippen molar-refractivity contribution in [1.82, 2.24) is 20.0 Å². The Labute approximate surface area is 182 Å². The van der Waals surface area contributed by atoms with Gasteiger partial charge in [0.05, 0.1) is 17.1 Å². The van der Waals surface area contributed by atoms with Gasteiger partial charge in [-0.15, -0.1) is 0 Å². The Morgan fingerprint density at radius 3 is 2.50 bits per heavy atom. The lowest BCUT2D eigenvalue weighted by atomic mass is 10.1. The van der Waals surface area contributed by atoms with Gasteiger partial charge in [0.25, 0.3) is 0 Å². The molecule has 0 spiro atoms. The fourth-order valence-corrected chi connectivity index (χ4v) is 3.43. The lowest BCUT2D eigenvalue weighted by molar-refractivity contribution is 0.195. The first kappa shape index (κ1) is 21.7. The Morgan fingerprint density at radius 2 is 1.83 bits per heavy atom. The van der Waals surface area contributed by atoms with E-state index in [0.717, 1.165) is 23.2 Å². The van der Waals surface area contributed by atoms with Gasteiger partial charge in [-0.2, -0.15) is 5.10 Å². The van der Waals surface area contributed by atoms with Crippen LogP contribution in [-0.4, -0.2) is 33.8 Å². The number of nitrogens with one attached hydrogen (secondary N) is 1. The molecule has 0 bridgehead atoms. The average molecular weight is 427 g/mol. The van der Waals surface area contributed by atoms with Crippen molar-refractivity contribution < 1.29 is 9.53 Å². The number of aromatic nitrogens is 2. The second kappa shape index (κ2) is 10.2. The molecule has 3 rings (SSSR count). The maximum absolute atomic E-state index is 12.6. The molecule has 2 amide bonds. The van der Waals surface area contributed by atoms with Crippen molar-refractivity contribution >= 4 is 17.6 Å². The van der Waals surface area contributed by atoms with E-state index in [4.69, 9.17) is 21.4 Å². The number of amides is 2. The first-order chi connectivity index (χ1) is 14.5. The molecule has 0 radical (unpaired) electrons. The quantitative estimate of drug-likeness (QED) is 0.519. The van der Waals surface area contributed by atoms with Crippen LogP contribution in [0.3, 0.4) is 0 Å². The second-order valence-corrected chi connectivity index (χ2v) is 7.32. The summed E-state index contributed by atoms with van der Waals surface area (Å²) >= 11 is 6.32. The molecule has 3 aromatic rings. The Morgan fingerprint density at radius 1 is 1.13 bits per heavy atom. The molecular weight excluding hydrogens is 400 g/mol. The Hall–Kier alpha value is -2.99. The average Bonchev–Trinajstić information content (AvgIpc) is 3.05. The third-order valence-electron chi connectivity index (χ3n) is 4.64. The summed E-state index contributed by atoms with van der Waals surface area (Å²) in [6, 6.07) is 17.1. The van der Waals surface area contributed by atoms with E-state index in [1.807, 2.05) is 62.5 Å². The zero-order chi connectivity index (χ0) is 21.5. The predicted molar refractivity (Wildman–Crippen MR) is 120 cm³/mol. The van der Waals surface area contributed by atoms with Gasteiger partial charge in [-0.1, -0.05) is 61.0 Å². The molecule has 0 atom stereocenters. The number of hydrogen-bond acceptors (Lipinski definition) is 3. The highest BCUT2D eigenvalue weighted by atomic mass is 35.5. The van der Waals surface area contributed by atoms with Crippen molar-refractivity contribution in [1.29, 1.82) is 0 Å². The van der Waals surface area contributed by atoms with Crippen LogP contribution in [0, 0.1) is 0 Å². The standard InChI is InChI=1S/C23H27ClN4O2/c1-4-15-28(23(29)25-5-2)16-18-21(17-11-7-6-8-12-17)26-27(3)22(18)30-20-14-10-9-13-19(20)24/h6-14H,4-5,15-16H2,1-3H3,(H,25,29). The van der Waals surface area contributed by atoms with E-state index in [1.165, 1.54) is 0 Å². The summed E-state index contributed by atoms with van der Waals surface area (Å²) in [5, 5.41) is 8.12. The summed E-state index contributed by atoms with van der Waals surface area (Å²) in [5.41, 5.74) is 2.58. The first-order valence-electron chi connectivity index (χ1n) is 10.1. The van der Waals surface area contributed by atoms with Crippen LogP contribution in [0.2, 0.25) is 5.02 Å². The maximum Gasteiger partial charge on any atom is 0.317 e. The maximum atomic E-state index is 12.6. The summed E-state index contributed by atoms with van der Waals surface area (Å²) in [5.74, 6) is 1.11. The van der Waals surface area contributed by atoms with Crippen molar-refractivity contribution in [2.45, 2.75) is 26.8 Å². The number of ether oxygens (including phenoxy) is 1. The molecule has 1 aromatic heterocycles. The van der Waals surface area contributed by atoms with Crippen LogP contribution >= 0.6 is 11.6 Å². The van der Waals surface area contributed by atoms with E-state index < -0.39 is 0 Å². The number of hydrogen-bond donors (Lipinski definition) is 1. The van der Waals surface area contributed by atoms with Crippen LogP contribution in [0.5, 0.6) is 11.6 Å². The first-order valence-corrected chi connectivity index (χ1v) is 10.5. The lowest BCUT2D eigenvalue weighted by Gasteiger charge is -2.23. The van der Waals surface area contributed by atoms with Crippen molar-refractivity contribution in [3.63, 3.8) is 0 Å². The molecule has 30 heavy (non-hydrogen) atoms. The topological polar surface area (TPSA) is 59.4 Å². The third-order valence-corrected chi connectivity index (χ3v) is 4.95. The Balaban J connectivity index is 2.07. The monoisotopic (exact) mass is 426 g/mol. The van der Waals surface area contributed by atoms with Gasteiger partial charge in [-0.3, -0.25) is 0 Å². The van der Waals surface area contributed by atoms with Crippen LogP contribution in [-0.2, 0) is 13.6 Å². The van der Waals surface area contributed by atoms with Crippen molar-refractivity contribution in [2.24, 2.45) is 7.05 Å². The molecule has 0 aliphatic heterocycles. The van der Waals surface area contributed by atoms with Crippen molar-refractivity contribution in [2.75, 3.05) is 13.1 Å². The third kappa shape index (κ3) is 4.94. The zero-order valence-corrected chi connectivity index (χ0v) is 18.3. The van der Waals surface area contributed by atoms with Gasteiger partial charge in [0.1, 0.15) is 11.4 Å². The highest BCUT2D eigenvalue weighted by molar-refractivity contribution is 6.32. The smallest absolute Gasteiger partial charge is 0.317 e. The molecule has 0 fully saturated rings. The number of nitrogens with zero attached hydrogens (tertiary/aromatic N) is 3. The van der Waals surface area contributed by atoms with Crippen molar-refractivity contribution in [3.8, 4) is 22.9 Å². The largest absolute Gasteiger partial charge is 0.437 e. The van der Waals surface area contributed by atoms with Gasteiger partial charge >= 0.3 is 6.03 Å². The summed E-state index contributed by atoms with van der Waals surface area (Å²) in [4.78, 5) is 14.4. The number of carbonyl (C=O) groups excluding carboxylic acids is 1. The van der Waals surface area contributed by atoms with Crippen molar-refractivity contribution in [3.05, 3.63) is 65.2 Å². The van der Waals surface area contributed by atoms with Gasteiger partial charge in [-0.05, 0) is 25.5 Å². The number of rotatable bonds is 8. The number of aryl methyl sites for hydroxylation is 1. The minimum Gasteiger partial charge on any atom is -0.437 e. The minimum atomic E-state index is -0.106. The fraction of sp³-hybridized carbons (Fsp3) is 0.304. The molecule has 1 heterocycles. The normalized spacial score (nSPS) is 10.7. The number of carbonyl (C=O) groups is 1. The minimum absolute atomic E-state index is 0.106. The summed E-state index contributed by atoms with van der Waals surface area (Å²) in [6.07, 6.45) is 0.846. The lowest BCUT2D eigenvalue weighted by Crippen LogP contribution is -2.39. The number of urea groups is 1. The molecular formula is C23H27ClN4O2. The molecule has 1 N–H and O–H groups in total. The van der Waals surface area contributed by atoms with Crippen LogP contribution in [0.1, 0.15) is 25.8 Å². The van der Waals surface area contributed by atoms with E-state index in [9.17, 15) is 4.79 Å². The van der Waals surface area contributed by atoms with E-state index in [2.05, 4.69) is 12.2 Å². The molecule has 0 aliphatic rings. The summed E-state index contributed by atoms with van der Waals surface area (Å²) in [6.45, 7) is 5.53. The van der Waals surface area contributed by atoms with Gasteiger partial charge < -0.3 is 15.0 Å². The molecule has 0 saturated heterocycles. The van der Waals surface area contributed by atoms with Crippen LogP contribution in [0.15, 0.2) is 54.6 Å². The van der Waals surface area contributed by atoms with Gasteiger partial charge in [0.15, 0.2) is 0 Å². The molecule has 0 saturated carbocycles. The van der Waals surface area contributed by atoms with Crippen LogP contribution in [0.25, 0.3) is 11.3 Å². The van der Waals surface area contributed by atoms with Gasteiger partial charge in [-0.25, -0.2) is 9.48 Å². The van der Waals surface area contributed by atoms with Crippen LogP contribution in [0.4, 0.5) is 4.79 Å². The predicted octanol–water partition coefficient (Wildman–Crippen LogP) is 5.47. The van der Waals surface area contributed by atoms with E-state index in [1.54, 1.807) is 15.6 Å². The molecule has 158 valence electrons. The number of halogens is 1. The Bertz CT molecular complexity index is 988. The molecule has 2 aromatic carbocycles. The highest BCUT2D eigenvalue weighted by Crippen LogP contribution is 2.36. The van der Waals surface area contributed by atoms with E-state index >= 15 is 0 Å². The molecule has 0 aliphatic carbocycles. The second-order valence-electron chi connectivity index (χ2n) is 6.91. The SMILES string of the molecule is CCCN(Cc1c(-c2ccccc2)nn(C)c1Oc1ccccc1Cl)C(=O)NCC. The van der Waals surface area contributed by atoms with Gasteiger partial charge in [0, 0.05) is 25.7 Å². The number of benzene rings is 2. The molecule has 0 unspecified atom stereocenters. The Kier molecular flexibility index (Phi) is 7.36. The summed E-state index contributed by atoms with van der Waals surface area (Å²) < 4.78 is 7.90. The van der Waals surface area contributed by atoms with E-state index in [0.29, 0.717) is 36.3 Å². The fourth-order valence-electron chi connectivity index (χ4n) is 3.26. The molecule has 6 nitrogen and oxygen atoms in total. The van der Waals surface area contributed by atoms with Crippen LogP contribution < -0.4 is 10.1 Å².